The summed E-state index contributed by atoms with van der Waals surface area (Å²) in [5, 5.41) is 0. The molecule has 0 saturated carbocycles. The van der Waals surface area contributed by atoms with Crippen molar-refractivity contribution < 1.29 is 9.53 Å². The Morgan fingerprint density at radius 1 is 1.07 bits per heavy atom. The number of amides is 1. The van der Waals surface area contributed by atoms with Gasteiger partial charge in [-0.2, -0.15) is 0 Å². The molecule has 0 spiro atoms. The van der Waals surface area contributed by atoms with Crippen LogP contribution in [-0.4, -0.2) is 49.5 Å². The van der Waals surface area contributed by atoms with Crippen LogP contribution in [0.15, 0.2) is 48.5 Å². The maximum absolute atomic E-state index is 12.9. The Bertz CT molecular complexity index is 850. The van der Waals surface area contributed by atoms with E-state index in [0.717, 1.165) is 37.4 Å². The second-order valence-corrected chi connectivity index (χ2v) is 8.28. The van der Waals surface area contributed by atoms with Gasteiger partial charge in [0.2, 0.25) is 5.91 Å². The molecule has 2 heterocycles. The molecule has 2 saturated heterocycles. The standard InChI is InChI=1S/C24H30N2O2/c1-17-8-4-6-10-20(17)24-21-16-26(15-19(21)14-25(24)2)23(27)13-12-18-9-5-7-11-22(18)28-3/h4-11,19,21,24H,12-16H2,1-3H3/t19-,21+,24+/m0/s1. The van der Waals surface area contributed by atoms with Gasteiger partial charge in [-0.1, -0.05) is 42.5 Å². The first-order chi connectivity index (χ1) is 13.6. The number of rotatable bonds is 5. The molecule has 0 bridgehead atoms. The number of ether oxygens (including phenoxy) is 1. The molecule has 148 valence electrons. The van der Waals surface area contributed by atoms with E-state index >= 15 is 0 Å². The smallest absolute Gasteiger partial charge is 0.222 e. The summed E-state index contributed by atoms with van der Waals surface area (Å²) in [5.74, 6) is 2.24. The summed E-state index contributed by atoms with van der Waals surface area (Å²) in [6.07, 6.45) is 1.28. The van der Waals surface area contributed by atoms with E-state index in [9.17, 15) is 4.79 Å². The molecule has 0 N–H and O–H groups in total. The van der Waals surface area contributed by atoms with Gasteiger partial charge in [0, 0.05) is 38.0 Å². The second-order valence-electron chi connectivity index (χ2n) is 8.28. The van der Waals surface area contributed by atoms with Crippen molar-refractivity contribution in [3.05, 3.63) is 65.2 Å². The summed E-state index contributed by atoms with van der Waals surface area (Å²) in [5.41, 5.74) is 3.87. The molecule has 4 heteroatoms. The minimum atomic E-state index is 0.270. The van der Waals surface area contributed by atoms with E-state index in [-0.39, 0.29) is 5.91 Å². The van der Waals surface area contributed by atoms with Crippen LogP contribution in [0.3, 0.4) is 0 Å². The topological polar surface area (TPSA) is 32.8 Å². The van der Waals surface area contributed by atoms with Gasteiger partial charge in [-0.15, -0.1) is 0 Å². The van der Waals surface area contributed by atoms with Crippen molar-refractivity contribution >= 4 is 5.91 Å². The highest BCUT2D eigenvalue weighted by Crippen LogP contribution is 2.44. The lowest BCUT2D eigenvalue weighted by atomic mass is 9.88. The number of hydrogen-bond donors (Lipinski definition) is 0. The van der Waals surface area contributed by atoms with Gasteiger partial charge in [-0.3, -0.25) is 9.69 Å². The Morgan fingerprint density at radius 2 is 1.82 bits per heavy atom. The number of nitrogens with zero attached hydrogens (tertiary/aromatic N) is 2. The third-order valence-corrected chi connectivity index (χ3v) is 6.56. The van der Waals surface area contributed by atoms with Crippen LogP contribution in [0.5, 0.6) is 5.75 Å². The van der Waals surface area contributed by atoms with Crippen molar-refractivity contribution in [1.82, 2.24) is 9.80 Å². The second kappa shape index (κ2) is 7.96. The van der Waals surface area contributed by atoms with E-state index in [1.807, 2.05) is 24.3 Å². The zero-order chi connectivity index (χ0) is 19.7. The van der Waals surface area contributed by atoms with E-state index in [1.54, 1.807) is 7.11 Å². The number of methoxy groups -OCH3 is 1. The SMILES string of the molecule is COc1ccccc1CCC(=O)N1C[C@@H]2CN(C)[C@H](c3ccccc3C)[C@@H]2C1. The molecule has 4 nitrogen and oxygen atoms in total. The Kier molecular flexibility index (Phi) is 5.40. The Balaban J connectivity index is 1.42. The molecule has 2 aromatic rings. The van der Waals surface area contributed by atoms with E-state index in [4.69, 9.17) is 4.74 Å². The number of aryl methyl sites for hydroxylation is 2. The van der Waals surface area contributed by atoms with E-state index in [0.29, 0.717) is 24.3 Å². The van der Waals surface area contributed by atoms with Crippen molar-refractivity contribution in [3.63, 3.8) is 0 Å². The van der Waals surface area contributed by atoms with E-state index < -0.39 is 0 Å². The van der Waals surface area contributed by atoms with Gasteiger partial charge in [-0.25, -0.2) is 0 Å². The van der Waals surface area contributed by atoms with Gasteiger partial charge in [0.05, 0.1) is 7.11 Å². The van der Waals surface area contributed by atoms with Crippen LogP contribution >= 0.6 is 0 Å². The molecule has 28 heavy (non-hydrogen) atoms. The first kappa shape index (κ1) is 19.0. The van der Waals surface area contributed by atoms with Gasteiger partial charge in [0.25, 0.3) is 0 Å². The van der Waals surface area contributed by atoms with Crippen LogP contribution in [-0.2, 0) is 11.2 Å². The first-order valence-corrected chi connectivity index (χ1v) is 10.2. The molecule has 1 amide bonds. The predicted molar refractivity (Wildman–Crippen MR) is 111 cm³/mol. The van der Waals surface area contributed by atoms with Crippen molar-refractivity contribution in [2.45, 2.75) is 25.8 Å². The number of fused-ring (bicyclic) bond motifs is 1. The molecule has 2 aromatic carbocycles. The summed E-state index contributed by atoms with van der Waals surface area (Å²) < 4.78 is 5.42. The summed E-state index contributed by atoms with van der Waals surface area (Å²) in [7, 11) is 3.91. The maximum atomic E-state index is 12.9. The number of benzene rings is 2. The van der Waals surface area contributed by atoms with Gasteiger partial charge in [-0.05, 0) is 49.1 Å². The van der Waals surface area contributed by atoms with Crippen LogP contribution in [0.2, 0.25) is 0 Å². The highest BCUT2D eigenvalue weighted by Gasteiger charge is 2.47. The average molecular weight is 379 g/mol. The maximum Gasteiger partial charge on any atom is 0.222 e. The fourth-order valence-electron chi connectivity index (χ4n) is 5.16. The summed E-state index contributed by atoms with van der Waals surface area (Å²) >= 11 is 0. The van der Waals surface area contributed by atoms with Crippen LogP contribution < -0.4 is 4.74 Å². The molecule has 0 aromatic heterocycles. The van der Waals surface area contributed by atoms with Crippen molar-refractivity contribution in [2.75, 3.05) is 33.8 Å². The Hall–Kier alpha value is -2.33. The molecular weight excluding hydrogens is 348 g/mol. The number of carbonyl (C=O) groups excluding carboxylic acids is 1. The minimum absolute atomic E-state index is 0.270. The van der Waals surface area contributed by atoms with Crippen LogP contribution in [0, 0.1) is 18.8 Å². The highest BCUT2D eigenvalue weighted by molar-refractivity contribution is 5.77. The highest BCUT2D eigenvalue weighted by atomic mass is 16.5. The minimum Gasteiger partial charge on any atom is -0.496 e. The van der Waals surface area contributed by atoms with Gasteiger partial charge in [0.15, 0.2) is 0 Å². The zero-order valence-corrected chi connectivity index (χ0v) is 17.1. The third-order valence-electron chi connectivity index (χ3n) is 6.56. The first-order valence-electron chi connectivity index (χ1n) is 10.2. The monoisotopic (exact) mass is 378 g/mol. The van der Waals surface area contributed by atoms with Crippen LogP contribution in [0.1, 0.15) is 29.2 Å². The molecule has 2 aliphatic heterocycles. The van der Waals surface area contributed by atoms with Crippen LogP contribution in [0.25, 0.3) is 0 Å². The fraction of sp³-hybridized carbons (Fsp3) is 0.458. The third kappa shape index (κ3) is 3.53. The fourth-order valence-corrected chi connectivity index (χ4v) is 5.16. The number of hydrogen-bond acceptors (Lipinski definition) is 3. The van der Waals surface area contributed by atoms with Gasteiger partial charge in [0.1, 0.15) is 5.75 Å². The van der Waals surface area contributed by atoms with Crippen molar-refractivity contribution in [2.24, 2.45) is 11.8 Å². The van der Waals surface area contributed by atoms with Gasteiger partial charge < -0.3 is 9.64 Å². The number of para-hydroxylation sites is 1. The lowest BCUT2D eigenvalue weighted by molar-refractivity contribution is -0.130. The molecular formula is C24H30N2O2. The molecule has 2 fully saturated rings. The van der Waals surface area contributed by atoms with Gasteiger partial charge >= 0.3 is 0 Å². The predicted octanol–water partition coefficient (Wildman–Crippen LogP) is 3.70. The quantitative estimate of drug-likeness (QED) is 0.795. The molecule has 2 aliphatic rings. The van der Waals surface area contributed by atoms with E-state index in [2.05, 4.69) is 48.0 Å². The molecule has 4 rings (SSSR count). The lowest BCUT2D eigenvalue weighted by Crippen LogP contribution is -2.33. The zero-order valence-electron chi connectivity index (χ0n) is 17.1. The normalized spacial score (nSPS) is 24.4. The van der Waals surface area contributed by atoms with Crippen molar-refractivity contribution in [1.29, 1.82) is 0 Å². The molecule has 3 atom stereocenters. The molecule has 0 radical (unpaired) electrons. The van der Waals surface area contributed by atoms with E-state index in [1.165, 1.54) is 11.1 Å². The Morgan fingerprint density at radius 3 is 2.61 bits per heavy atom. The Labute approximate surface area is 168 Å². The number of likely N-dealkylation sites (tertiary alicyclic amines) is 2. The van der Waals surface area contributed by atoms with Crippen LogP contribution in [0.4, 0.5) is 0 Å². The average Bonchev–Trinajstić information content (AvgIpc) is 3.24. The van der Waals surface area contributed by atoms with Crippen molar-refractivity contribution in [3.8, 4) is 5.75 Å². The molecule has 0 aliphatic carbocycles. The summed E-state index contributed by atoms with van der Waals surface area (Å²) in [6.45, 7) is 5.03. The molecule has 0 unspecified atom stereocenters. The lowest BCUT2D eigenvalue weighted by Gasteiger charge is -2.28. The summed E-state index contributed by atoms with van der Waals surface area (Å²) in [6, 6.07) is 17.1. The summed E-state index contributed by atoms with van der Waals surface area (Å²) in [4.78, 5) is 17.5. The number of carbonyl (C=O) groups is 1. The largest absolute Gasteiger partial charge is 0.496 e.